The molecular weight excluding hydrogens is 436 g/mol. The van der Waals surface area contributed by atoms with Gasteiger partial charge in [-0.25, -0.2) is 14.8 Å². The van der Waals surface area contributed by atoms with Gasteiger partial charge in [0.2, 0.25) is 0 Å². The van der Waals surface area contributed by atoms with Gasteiger partial charge in [-0.3, -0.25) is 0 Å². The van der Waals surface area contributed by atoms with Crippen molar-refractivity contribution in [3.63, 3.8) is 0 Å². The third-order valence-electron chi connectivity index (χ3n) is 5.51. The number of carbonyl (C=O) groups excluding carboxylic acids is 1. The van der Waals surface area contributed by atoms with Gasteiger partial charge in [-0.15, -0.1) is 11.3 Å². The summed E-state index contributed by atoms with van der Waals surface area (Å²) in [6, 6.07) is 8.22. The van der Waals surface area contributed by atoms with Crippen LogP contribution in [-0.2, 0) is 4.74 Å². The Kier molecular flexibility index (Phi) is 6.47. The van der Waals surface area contributed by atoms with E-state index in [2.05, 4.69) is 24.0 Å². The first-order chi connectivity index (χ1) is 15.7. The van der Waals surface area contributed by atoms with Gasteiger partial charge in [0, 0.05) is 36.6 Å². The topological polar surface area (TPSA) is 67.8 Å². The number of carbonyl (C=O) groups is 1. The highest BCUT2D eigenvalue weighted by Crippen LogP contribution is 2.42. The van der Waals surface area contributed by atoms with Crippen LogP contribution in [0.4, 0.5) is 10.6 Å². The molecule has 1 aliphatic rings. The van der Waals surface area contributed by atoms with E-state index in [4.69, 9.17) is 19.4 Å². The van der Waals surface area contributed by atoms with E-state index in [1.54, 1.807) is 16.2 Å². The molecule has 8 heteroatoms. The molecule has 0 bridgehead atoms. The summed E-state index contributed by atoms with van der Waals surface area (Å²) in [5.74, 6) is 2.56. The molecule has 3 aromatic rings. The molecule has 3 heterocycles. The second-order valence-corrected chi connectivity index (χ2v) is 10.4. The Morgan fingerprint density at radius 3 is 2.33 bits per heavy atom. The van der Waals surface area contributed by atoms with Crippen LogP contribution < -0.4 is 9.64 Å². The van der Waals surface area contributed by atoms with Crippen molar-refractivity contribution in [3.05, 3.63) is 35.0 Å². The number of nitrogens with zero attached hydrogens (tertiary/aromatic N) is 4. The number of aryl methyl sites for hydroxylation is 2. The van der Waals surface area contributed by atoms with Crippen LogP contribution in [0.2, 0.25) is 0 Å². The minimum absolute atomic E-state index is 0.257. The number of rotatable bonds is 4. The van der Waals surface area contributed by atoms with E-state index < -0.39 is 5.60 Å². The SMILES string of the molecule is CCOc1ccc(-c2c(C)sc3nc(C)nc(N4CCN(C(=O)OC(C)(C)C)CC4)c23)cc1. The van der Waals surface area contributed by atoms with Gasteiger partial charge in [0.05, 0.1) is 12.0 Å². The minimum atomic E-state index is -0.495. The van der Waals surface area contributed by atoms with Gasteiger partial charge >= 0.3 is 6.09 Å². The number of benzene rings is 1. The average molecular weight is 469 g/mol. The minimum Gasteiger partial charge on any atom is -0.494 e. The molecule has 0 aliphatic carbocycles. The molecule has 0 spiro atoms. The van der Waals surface area contributed by atoms with E-state index in [1.807, 2.05) is 46.8 Å². The summed E-state index contributed by atoms with van der Waals surface area (Å²) in [6.07, 6.45) is -0.257. The second-order valence-electron chi connectivity index (χ2n) is 9.22. The molecule has 0 N–H and O–H groups in total. The molecule has 0 unspecified atom stereocenters. The molecule has 7 nitrogen and oxygen atoms in total. The molecule has 2 aromatic heterocycles. The Morgan fingerprint density at radius 2 is 1.73 bits per heavy atom. The van der Waals surface area contributed by atoms with E-state index in [9.17, 15) is 4.79 Å². The Morgan fingerprint density at radius 1 is 1.06 bits per heavy atom. The molecule has 33 heavy (non-hydrogen) atoms. The maximum absolute atomic E-state index is 12.5. The number of hydrogen-bond donors (Lipinski definition) is 0. The number of aromatic nitrogens is 2. The largest absolute Gasteiger partial charge is 0.494 e. The standard InChI is InChI=1S/C25H32N4O3S/c1-7-31-19-10-8-18(9-11-19)20-16(2)33-23-21(20)22(26-17(3)27-23)28-12-14-29(15-13-28)24(30)32-25(4,5)6/h8-11H,7,12-15H2,1-6H3. The van der Waals surface area contributed by atoms with Gasteiger partial charge in [-0.05, 0) is 59.2 Å². The van der Waals surface area contributed by atoms with Gasteiger partial charge in [0.1, 0.15) is 27.8 Å². The summed E-state index contributed by atoms with van der Waals surface area (Å²) in [4.78, 5) is 28.3. The fraction of sp³-hybridized carbons (Fsp3) is 0.480. The zero-order chi connectivity index (χ0) is 23.8. The summed E-state index contributed by atoms with van der Waals surface area (Å²) in [5.41, 5.74) is 1.80. The molecule has 1 aliphatic heterocycles. The molecule has 0 radical (unpaired) electrons. The number of fused-ring (bicyclic) bond motifs is 1. The Labute approximate surface area is 199 Å². The lowest BCUT2D eigenvalue weighted by atomic mass is 10.0. The second kappa shape index (κ2) is 9.17. The first kappa shape index (κ1) is 23.3. The van der Waals surface area contributed by atoms with Crippen LogP contribution in [0.3, 0.4) is 0 Å². The lowest BCUT2D eigenvalue weighted by Gasteiger charge is -2.36. The smallest absolute Gasteiger partial charge is 0.410 e. The lowest BCUT2D eigenvalue weighted by Crippen LogP contribution is -2.50. The quantitative estimate of drug-likeness (QED) is 0.509. The number of hydrogen-bond acceptors (Lipinski definition) is 7. The summed E-state index contributed by atoms with van der Waals surface area (Å²) >= 11 is 1.70. The predicted octanol–water partition coefficient (Wildman–Crippen LogP) is 5.43. The maximum atomic E-state index is 12.5. The van der Waals surface area contributed by atoms with E-state index in [-0.39, 0.29) is 6.09 Å². The van der Waals surface area contributed by atoms with Crippen molar-refractivity contribution in [2.75, 3.05) is 37.7 Å². The third-order valence-corrected chi connectivity index (χ3v) is 6.50. The Bertz CT molecular complexity index is 1140. The van der Waals surface area contributed by atoms with E-state index in [0.29, 0.717) is 32.8 Å². The lowest BCUT2D eigenvalue weighted by molar-refractivity contribution is 0.0240. The summed E-state index contributed by atoms with van der Waals surface area (Å²) in [5, 5.41) is 1.08. The molecule has 4 rings (SSSR count). The van der Waals surface area contributed by atoms with E-state index in [0.717, 1.165) is 33.2 Å². The maximum Gasteiger partial charge on any atom is 0.410 e. The van der Waals surface area contributed by atoms with Crippen molar-refractivity contribution >= 4 is 33.5 Å². The molecule has 1 aromatic carbocycles. The number of thiophene rings is 1. The Hall–Kier alpha value is -2.87. The van der Waals surface area contributed by atoms with Crippen LogP contribution in [0, 0.1) is 13.8 Å². The normalized spacial score (nSPS) is 14.6. The van der Waals surface area contributed by atoms with Crippen LogP contribution in [0.25, 0.3) is 21.3 Å². The van der Waals surface area contributed by atoms with E-state index >= 15 is 0 Å². The van der Waals surface area contributed by atoms with Gasteiger partial charge < -0.3 is 19.3 Å². The van der Waals surface area contributed by atoms with Crippen molar-refractivity contribution in [2.45, 2.75) is 47.1 Å². The third kappa shape index (κ3) is 5.05. The van der Waals surface area contributed by atoms with E-state index in [1.165, 1.54) is 10.4 Å². The predicted molar refractivity (Wildman–Crippen MR) is 134 cm³/mol. The van der Waals surface area contributed by atoms with Crippen molar-refractivity contribution in [3.8, 4) is 16.9 Å². The first-order valence-corrected chi connectivity index (χ1v) is 12.2. The van der Waals surface area contributed by atoms with Gasteiger partial charge in [0.15, 0.2) is 0 Å². The van der Waals surface area contributed by atoms with Crippen LogP contribution in [0.5, 0.6) is 5.75 Å². The highest BCUT2D eigenvalue weighted by atomic mass is 32.1. The molecule has 1 amide bonds. The number of anilines is 1. The molecule has 1 saturated heterocycles. The zero-order valence-electron chi connectivity index (χ0n) is 20.3. The highest BCUT2D eigenvalue weighted by molar-refractivity contribution is 7.19. The number of ether oxygens (including phenoxy) is 2. The molecular formula is C25H32N4O3S. The molecule has 1 fully saturated rings. The van der Waals surface area contributed by atoms with Crippen molar-refractivity contribution in [2.24, 2.45) is 0 Å². The fourth-order valence-electron chi connectivity index (χ4n) is 4.09. The van der Waals surface area contributed by atoms with Gasteiger partial charge in [0.25, 0.3) is 0 Å². The summed E-state index contributed by atoms with van der Waals surface area (Å²) < 4.78 is 11.2. The number of amides is 1. The van der Waals surface area contributed by atoms with Crippen molar-refractivity contribution < 1.29 is 14.3 Å². The van der Waals surface area contributed by atoms with Crippen molar-refractivity contribution in [1.29, 1.82) is 0 Å². The molecule has 0 saturated carbocycles. The van der Waals surface area contributed by atoms with Crippen LogP contribution in [0.15, 0.2) is 24.3 Å². The zero-order valence-corrected chi connectivity index (χ0v) is 21.1. The molecule has 0 atom stereocenters. The van der Waals surface area contributed by atoms with Crippen LogP contribution in [0.1, 0.15) is 38.4 Å². The van der Waals surface area contributed by atoms with Gasteiger partial charge in [-0.1, -0.05) is 12.1 Å². The first-order valence-electron chi connectivity index (χ1n) is 11.4. The Balaban J connectivity index is 1.65. The fourth-order valence-corrected chi connectivity index (χ4v) is 5.17. The van der Waals surface area contributed by atoms with Crippen LogP contribution >= 0.6 is 11.3 Å². The summed E-state index contributed by atoms with van der Waals surface area (Å²) in [7, 11) is 0. The monoisotopic (exact) mass is 468 g/mol. The van der Waals surface area contributed by atoms with Crippen molar-refractivity contribution in [1.82, 2.24) is 14.9 Å². The number of piperazine rings is 1. The average Bonchev–Trinajstić information content (AvgIpc) is 3.08. The van der Waals surface area contributed by atoms with Crippen LogP contribution in [-0.4, -0.2) is 59.3 Å². The highest BCUT2D eigenvalue weighted by Gasteiger charge is 2.28. The summed E-state index contributed by atoms with van der Waals surface area (Å²) in [6.45, 7) is 15.0. The molecule has 176 valence electrons. The van der Waals surface area contributed by atoms with Gasteiger partial charge in [-0.2, -0.15) is 0 Å².